The number of hydrogen-bond acceptors (Lipinski definition) is 7. The molecule has 0 aliphatic heterocycles. The Bertz CT molecular complexity index is 1330. The zero-order valence-electron chi connectivity index (χ0n) is 20.0. The highest BCUT2D eigenvalue weighted by Gasteiger charge is 2.42. The number of alkyl halides is 2. The van der Waals surface area contributed by atoms with Crippen LogP contribution >= 0.6 is 11.3 Å². The molecule has 3 heterocycles. The number of pyridine rings is 1. The molecular formula is C21H29F2N5O3S2Si. The molecule has 0 radical (unpaired) electrons. The van der Waals surface area contributed by atoms with Crippen LogP contribution in [0, 0.1) is 0 Å². The minimum Gasteiger partial charge on any atom is -0.412 e. The predicted molar refractivity (Wildman–Crippen MR) is 129 cm³/mol. The van der Waals surface area contributed by atoms with Crippen LogP contribution in [0.2, 0.25) is 18.1 Å². The van der Waals surface area contributed by atoms with Gasteiger partial charge in [-0.1, -0.05) is 32.1 Å². The normalized spacial score (nSPS) is 16.5. The summed E-state index contributed by atoms with van der Waals surface area (Å²) in [5, 5.41) is 7.13. The number of fused-ring (bicyclic) bond motifs is 1. The van der Waals surface area contributed by atoms with Crippen LogP contribution in [0.4, 0.5) is 8.78 Å². The number of nitrogens with one attached hydrogen (secondary N) is 1. The highest BCUT2D eigenvalue weighted by atomic mass is 32.2. The molecule has 0 aromatic carbocycles. The molecule has 8 nitrogen and oxygen atoms in total. The van der Waals surface area contributed by atoms with E-state index in [1.54, 1.807) is 16.7 Å². The molecule has 0 amide bonds. The van der Waals surface area contributed by atoms with Crippen LogP contribution in [0.1, 0.15) is 57.5 Å². The maximum absolute atomic E-state index is 13.2. The Balaban J connectivity index is 1.81. The van der Waals surface area contributed by atoms with Crippen molar-refractivity contribution in [2.24, 2.45) is 0 Å². The fraction of sp³-hybridized carbons (Fsp3) is 0.571. The molecule has 1 saturated carbocycles. The van der Waals surface area contributed by atoms with Gasteiger partial charge in [0, 0.05) is 17.3 Å². The summed E-state index contributed by atoms with van der Waals surface area (Å²) in [5.41, 5.74) is 0.819. The van der Waals surface area contributed by atoms with Gasteiger partial charge in [0.2, 0.25) is 10.0 Å². The molecule has 0 atom stereocenters. The number of nitrogens with zero attached hydrogens (tertiary/aromatic N) is 4. The average Bonchev–Trinajstić information content (AvgIpc) is 3.12. The lowest BCUT2D eigenvalue weighted by Gasteiger charge is -2.36. The van der Waals surface area contributed by atoms with Crippen molar-refractivity contribution in [2.45, 2.75) is 82.1 Å². The quantitative estimate of drug-likeness (QED) is 0.406. The lowest BCUT2D eigenvalue weighted by atomic mass is 10.2. The Morgan fingerprint density at radius 1 is 1.29 bits per heavy atom. The maximum atomic E-state index is 13.2. The van der Waals surface area contributed by atoms with Crippen LogP contribution in [0.25, 0.3) is 16.3 Å². The molecule has 1 aliphatic rings. The van der Waals surface area contributed by atoms with Crippen molar-refractivity contribution in [2.75, 3.05) is 0 Å². The third kappa shape index (κ3) is 4.94. The topological polar surface area (TPSA) is 98.5 Å². The molecule has 0 bridgehead atoms. The van der Waals surface area contributed by atoms with E-state index in [-0.39, 0.29) is 27.4 Å². The van der Waals surface area contributed by atoms with Crippen LogP contribution < -0.4 is 4.72 Å². The molecule has 0 unspecified atom stereocenters. The van der Waals surface area contributed by atoms with Gasteiger partial charge in [-0.05, 0) is 44.0 Å². The first kappa shape index (κ1) is 25.3. The molecule has 1 N–H and O–H groups in total. The Morgan fingerprint density at radius 3 is 2.53 bits per heavy atom. The van der Waals surface area contributed by atoms with Crippen LogP contribution in [-0.2, 0) is 21.1 Å². The van der Waals surface area contributed by atoms with Gasteiger partial charge in [-0.3, -0.25) is 4.40 Å². The van der Waals surface area contributed by atoms with E-state index in [4.69, 9.17) is 4.43 Å². The summed E-state index contributed by atoms with van der Waals surface area (Å²) in [6.07, 6.45) is 1.83. The SMILES string of the molecule is CC1(NS(=O)(=O)c2cc(CO[Si](C)(C)C(C)(C)C)c3cnc(-c4nnc(C(F)F)s4)n3c2)CC1. The van der Waals surface area contributed by atoms with E-state index in [1.165, 1.54) is 6.20 Å². The van der Waals surface area contributed by atoms with Gasteiger partial charge in [-0.25, -0.2) is 26.9 Å². The van der Waals surface area contributed by atoms with Gasteiger partial charge in [0.05, 0.1) is 23.2 Å². The first-order chi connectivity index (χ1) is 15.6. The molecule has 3 aromatic heterocycles. The summed E-state index contributed by atoms with van der Waals surface area (Å²) in [6, 6.07) is 1.60. The minimum atomic E-state index is -3.83. The van der Waals surface area contributed by atoms with Gasteiger partial charge >= 0.3 is 0 Å². The first-order valence-electron chi connectivity index (χ1n) is 10.9. The van der Waals surface area contributed by atoms with Crippen molar-refractivity contribution >= 4 is 35.2 Å². The second-order valence-corrected chi connectivity index (χ2v) is 18.0. The predicted octanol–water partition coefficient (Wildman–Crippen LogP) is 5.14. The second-order valence-electron chi connectivity index (χ2n) is 10.5. The summed E-state index contributed by atoms with van der Waals surface area (Å²) in [5.74, 6) is 0.252. The number of aromatic nitrogens is 4. The molecule has 3 aromatic rings. The van der Waals surface area contributed by atoms with Gasteiger partial charge in [0.1, 0.15) is 0 Å². The molecule has 186 valence electrons. The first-order valence-corrected chi connectivity index (χ1v) is 16.1. The van der Waals surface area contributed by atoms with Crippen molar-refractivity contribution in [1.82, 2.24) is 24.3 Å². The van der Waals surface area contributed by atoms with Crippen LogP contribution in [0.15, 0.2) is 23.4 Å². The zero-order valence-corrected chi connectivity index (χ0v) is 22.6. The minimum absolute atomic E-state index is 0.0290. The monoisotopic (exact) mass is 529 g/mol. The summed E-state index contributed by atoms with van der Waals surface area (Å²) in [4.78, 5) is 4.42. The van der Waals surface area contributed by atoms with Gasteiger partial charge in [-0.15, -0.1) is 10.2 Å². The second kappa shape index (κ2) is 8.40. The van der Waals surface area contributed by atoms with Gasteiger partial charge in [-0.2, -0.15) is 0 Å². The summed E-state index contributed by atoms with van der Waals surface area (Å²) in [6.45, 7) is 12.7. The largest absolute Gasteiger partial charge is 0.412 e. The Hall–Kier alpha value is -1.80. The summed E-state index contributed by atoms with van der Waals surface area (Å²) in [7, 11) is -5.96. The van der Waals surface area contributed by atoms with Gasteiger partial charge in [0.15, 0.2) is 24.2 Å². The van der Waals surface area contributed by atoms with E-state index in [9.17, 15) is 17.2 Å². The van der Waals surface area contributed by atoms with Crippen LogP contribution in [0.3, 0.4) is 0 Å². The number of rotatable bonds is 8. The van der Waals surface area contributed by atoms with E-state index in [1.807, 2.05) is 6.92 Å². The van der Waals surface area contributed by atoms with E-state index >= 15 is 0 Å². The summed E-state index contributed by atoms with van der Waals surface area (Å²) < 4.78 is 63.3. The Labute approximate surface area is 203 Å². The Kier molecular flexibility index (Phi) is 6.25. The van der Waals surface area contributed by atoms with Crippen LogP contribution in [0.5, 0.6) is 0 Å². The number of hydrogen-bond donors (Lipinski definition) is 1. The van der Waals surface area contributed by atoms with Crippen LogP contribution in [-0.4, -0.2) is 41.9 Å². The fourth-order valence-corrected chi connectivity index (χ4v) is 6.28. The molecular weight excluding hydrogens is 500 g/mol. The van der Waals surface area contributed by atoms with Crippen molar-refractivity contribution in [3.63, 3.8) is 0 Å². The fourth-order valence-electron chi connectivity index (χ4n) is 3.12. The molecule has 4 rings (SSSR count). The smallest absolute Gasteiger partial charge is 0.291 e. The van der Waals surface area contributed by atoms with E-state index in [2.05, 4.69) is 53.8 Å². The average molecular weight is 530 g/mol. The Morgan fingerprint density at radius 2 is 1.97 bits per heavy atom. The van der Waals surface area contributed by atoms with Crippen molar-refractivity contribution < 1.29 is 21.6 Å². The molecule has 0 spiro atoms. The van der Waals surface area contributed by atoms with E-state index in [0.717, 1.165) is 24.2 Å². The van der Waals surface area contributed by atoms with Gasteiger partial charge < -0.3 is 4.43 Å². The number of halogens is 2. The van der Waals surface area contributed by atoms with Crippen molar-refractivity contribution in [1.29, 1.82) is 0 Å². The molecule has 0 saturated heterocycles. The van der Waals surface area contributed by atoms with Crippen molar-refractivity contribution in [3.05, 3.63) is 29.0 Å². The lowest BCUT2D eigenvalue weighted by Crippen LogP contribution is -2.40. The number of imidazole rings is 1. The van der Waals surface area contributed by atoms with Crippen molar-refractivity contribution in [3.8, 4) is 10.8 Å². The number of sulfonamides is 1. The van der Waals surface area contributed by atoms with E-state index in [0.29, 0.717) is 11.1 Å². The highest BCUT2D eigenvalue weighted by Crippen LogP contribution is 2.39. The lowest BCUT2D eigenvalue weighted by molar-refractivity contribution is 0.150. The third-order valence-corrected chi connectivity index (χ3v) is 13.6. The highest BCUT2D eigenvalue weighted by molar-refractivity contribution is 7.89. The molecule has 1 aliphatic carbocycles. The molecule has 1 fully saturated rings. The third-order valence-electron chi connectivity index (χ3n) is 6.60. The maximum Gasteiger partial charge on any atom is 0.291 e. The molecule has 13 heteroatoms. The summed E-state index contributed by atoms with van der Waals surface area (Å²) >= 11 is 0.729. The standard InChI is InChI=1S/C21H29F2N5O3S2Si/c1-20(2,3)34(5,6)31-12-13-9-14(33(29,30)27-21(4)7-8-21)11-28-15(13)10-24-17(28)19-26-25-18(32-19)16(22)23/h9-11,16,27H,7-8,12H2,1-6H3. The van der Waals surface area contributed by atoms with Gasteiger partial charge in [0.25, 0.3) is 6.43 Å². The molecule has 34 heavy (non-hydrogen) atoms. The van der Waals surface area contributed by atoms with E-state index < -0.39 is 35.3 Å². The zero-order chi connectivity index (χ0) is 25.1.